The van der Waals surface area contributed by atoms with Gasteiger partial charge in [0.15, 0.2) is 0 Å². The summed E-state index contributed by atoms with van der Waals surface area (Å²) in [7, 11) is 0. The molecule has 1 atom stereocenters. The molecule has 0 aromatic heterocycles. The fourth-order valence-electron chi connectivity index (χ4n) is 2.20. The molecule has 0 bridgehead atoms. The van der Waals surface area contributed by atoms with Gasteiger partial charge >= 0.3 is 6.61 Å². The van der Waals surface area contributed by atoms with Gasteiger partial charge < -0.3 is 10.1 Å². The van der Waals surface area contributed by atoms with E-state index in [2.05, 4.69) is 10.1 Å². The van der Waals surface area contributed by atoms with Crippen molar-refractivity contribution in [3.63, 3.8) is 0 Å². The predicted molar refractivity (Wildman–Crippen MR) is 91.8 cm³/mol. The van der Waals surface area contributed by atoms with Crippen LogP contribution in [0, 0.1) is 10.1 Å². The van der Waals surface area contributed by atoms with Gasteiger partial charge in [-0.2, -0.15) is 8.78 Å². The van der Waals surface area contributed by atoms with Crippen LogP contribution in [0.25, 0.3) is 6.08 Å². The van der Waals surface area contributed by atoms with Crippen LogP contribution in [0.4, 0.5) is 14.5 Å². The number of ether oxygens (including phenoxy) is 1. The van der Waals surface area contributed by atoms with E-state index >= 15 is 0 Å². The number of halogens is 2. The van der Waals surface area contributed by atoms with Crippen molar-refractivity contribution in [1.29, 1.82) is 0 Å². The number of hydrogen-bond acceptors (Lipinski definition) is 4. The number of non-ortho nitro benzene ring substituents is 1. The first kappa shape index (κ1) is 19.0. The van der Waals surface area contributed by atoms with Crippen molar-refractivity contribution >= 4 is 17.7 Å². The first-order valence-electron chi connectivity index (χ1n) is 7.63. The highest BCUT2D eigenvalue weighted by Gasteiger charge is 2.10. The van der Waals surface area contributed by atoms with Crippen LogP contribution < -0.4 is 10.1 Å². The van der Waals surface area contributed by atoms with Gasteiger partial charge in [-0.3, -0.25) is 14.9 Å². The molecule has 2 aromatic rings. The molecule has 0 aliphatic heterocycles. The topological polar surface area (TPSA) is 81.5 Å². The minimum atomic E-state index is -2.89. The summed E-state index contributed by atoms with van der Waals surface area (Å²) in [4.78, 5) is 22.2. The molecule has 0 saturated heterocycles. The van der Waals surface area contributed by atoms with Crippen LogP contribution in [-0.4, -0.2) is 17.4 Å². The van der Waals surface area contributed by atoms with Crippen LogP contribution in [-0.2, 0) is 4.79 Å². The van der Waals surface area contributed by atoms with Gasteiger partial charge in [-0.05, 0) is 36.3 Å². The highest BCUT2D eigenvalue weighted by Crippen LogP contribution is 2.19. The highest BCUT2D eigenvalue weighted by molar-refractivity contribution is 5.92. The summed E-state index contributed by atoms with van der Waals surface area (Å²) >= 11 is 0. The van der Waals surface area contributed by atoms with E-state index < -0.39 is 17.4 Å². The Labute approximate surface area is 148 Å². The maximum Gasteiger partial charge on any atom is 0.387 e. The summed E-state index contributed by atoms with van der Waals surface area (Å²) in [5.74, 6) is -0.357. The number of nitro benzene ring substituents is 1. The fourth-order valence-corrected chi connectivity index (χ4v) is 2.20. The Hall–Kier alpha value is -3.29. The molecule has 1 unspecified atom stereocenters. The Morgan fingerprint density at radius 1 is 1.23 bits per heavy atom. The summed E-state index contributed by atoms with van der Waals surface area (Å²) in [6.07, 6.45) is 2.73. The van der Waals surface area contributed by atoms with Gasteiger partial charge in [0.2, 0.25) is 5.91 Å². The van der Waals surface area contributed by atoms with Gasteiger partial charge in [-0.25, -0.2) is 0 Å². The first-order chi connectivity index (χ1) is 12.3. The zero-order chi connectivity index (χ0) is 19.1. The monoisotopic (exact) mass is 362 g/mol. The molecule has 0 radical (unpaired) electrons. The summed E-state index contributed by atoms with van der Waals surface area (Å²) in [6, 6.07) is 11.5. The molecule has 1 N–H and O–H groups in total. The van der Waals surface area contributed by atoms with Gasteiger partial charge in [0.1, 0.15) is 5.75 Å². The number of benzene rings is 2. The predicted octanol–water partition coefficient (Wildman–Crippen LogP) is 4.09. The standard InChI is InChI=1S/C18H16F2N2O4/c1-12(14-6-8-16(9-7-14)26-18(19)20)21-17(23)10-5-13-3-2-4-15(11-13)22(24)25/h2-12,18H,1H3,(H,21,23)/b10-5+. The van der Waals surface area contributed by atoms with Gasteiger partial charge in [0.05, 0.1) is 11.0 Å². The Morgan fingerprint density at radius 3 is 2.54 bits per heavy atom. The van der Waals surface area contributed by atoms with E-state index in [1.54, 1.807) is 25.1 Å². The van der Waals surface area contributed by atoms with Crippen LogP contribution in [0.2, 0.25) is 0 Å². The van der Waals surface area contributed by atoms with Crippen molar-refractivity contribution in [2.75, 3.05) is 0 Å². The van der Waals surface area contributed by atoms with Crippen molar-refractivity contribution < 1.29 is 23.2 Å². The van der Waals surface area contributed by atoms with Crippen LogP contribution in [0.1, 0.15) is 24.1 Å². The summed E-state index contributed by atoms with van der Waals surface area (Å²) < 4.78 is 28.5. The number of amides is 1. The first-order valence-corrected chi connectivity index (χ1v) is 7.63. The van der Waals surface area contributed by atoms with Crippen molar-refractivity contribution in [2.24, 2.45) is 0 Å². The second-order valence-corrected chi connectivity index (χ2v) is 5.36. The molecule has 0 aliphatic rings. The number of nitro groups is 1. The van der Waals surface area contributed by atoms with Gasteiger partial charge in [0, 0.05) is 18.2 Å². The maximum atomic E-state index is 12.1. The smallest absolute Gasteiger partial charge is 0.387 e. The summed E-state index contributed by atoms with van der Waals surface area (Å²) in [5, 5.41) is 13.4. The number of alkyl halides is 2. The van der Waals surface area contributed by atoms with Gasteiger partial charge in [0.25, 0.3) is 5.69 Å². The van der Waals surface area contributed by atoms with E-state index in [1.807, 2.05) is 0 Å². The Balaban J connectivity index is 1.96. The van der Waals surface area contributed by atoms with Gasteiger partial charge in [-0.15, -0.1) is 0 Å². The fraction of sp³-hybridized carbons (Fsp3) is 0.167. The van der Waals surface area contributed by atoms with E-state index in [0.29, 0.717) is 11.1 Å². The summed E-state index contributed by atoms with van der Waals surface area (Å²) in [6.45, 7) is -1.15. The molecule has 1 amide bonds. The molecule has 0 saturated carbocycles. The van der Waals surface area contributed by atoms with Crippen molar-refractivity contribution in [2.45, 2.75) is 19.6 Å². The molecule has 26 heavy (non-hydrogen) atoms. The zero-order valence-corrected chi connectivity index (χ0v) is 13.8. The largest absolute Gasteiger partial charge is 0.435 e. The van der Waals surface area contributed by atoms with Crippen LogP contribution in [0.15, 0.2) is 54.6 Å². The average molecular weight is 362 g/mol. The number of carbonyl (C=O) groups is 1. The highest BCUT2D eigenvalue weighted by atomic mass is 19.3. The van der Waals surface area contributed by atoms with Crippen molar-refractivity contribution in [3.8, 4) is 5.75 Å². The third-order valence-electron chi connectivity index (χ3n) is 3.47. The SMILES string of the molecule is CC(NC(=O)/C=C/c1cccc([N+](=O)[O-])c1)c1ccc(OC(F)F)cc1. The zero-order valence-electron chi connectivity index (χ0n) is 13.8. The Bertz CT molecular complexity index is 807. The molecule has 6 nitrogen and oxygen atoms in total. The van der Waals surface area contributed by atoms with E-state index in [1.165, 1.54) is 42.5 Å². The molecule has 8 heteroatoms. The van der Waals surface area contributed by atoms with Crippen LogP contribution in [0.5, 0.6) is 5.75 Å². The lowest BCUT2D eigenvalue weighted by Gasteiger charge is -2.13. The number of nitrogens with one attached hydrogen (secondary N) is 1. The molecule has 0 spiro atoms. The molecule has 2 aromatic carbocycles. The van der Waals surface area contributed by atoms with E-state index in [0.717, 1.165) is 0 Å². The Kier molecular flexibility index (Phi) is 6.37. The number of nitrogens with zero attached hydrogens (tertiary/aromatic N) is 1. The minimum absolute atomic E-state index is 0.0350. The number of hydrogen-bond donors (Lipinski definition) is 1. The number of rotatable bonds is 7. The Morgan fingerprint density at radius 2 is 1.92 bits per heavy atom. The van der Waals surface area contributed by atoms with Gasteiger partial charge in [-0.1, -0.05) is 24.3 Å². The molecule has 2 rings (SSSR count). The maximum absolute atomic E-state index is 12.1. The molecule has 0 fully saturated rings. The summed E-state index contributed by atoms with van der Waals surface area (Å²) in [5.41, 5.74) is 1.17. The lowest BCUT2D eigenvalue weighted by molar-refractivity contribution is -0.384. The second-order valence-electron chi connectivity index (χ2n) is 5.36. The van der Waals surface area contributed by atoms with E-state index in [-0.39, 0.29) is 17.5 Å². The van der Waals surface area contributed by atoms with Crippen LogP contribution in [0.3, 0.4) is 0 Å². The molecule has 136 valence electrons. The van der Waals surface area contributed by atoms with Crippen molar-refractivity contribution in [3.05, 3.63) is 75.8 Å². The second kappa shape index (κ2) is 8.70. The van der Waals surface area contributed by atoms with Crippen molar-refractivity contribution in [1.82, 2.24) is 5.32 Å². The third-order valence-corrected chi connectivity index (χ3v) is 3.47. The van der Waals surface area contributed by atoms with E-state index in [4.69, 9.17) is 0 Å². The molecule has 0 heterocycles. The quantitative estimate of drug-likeness (QED) is 0.457. The normalized spacial score (nSPS) is 12.2. The lowest BCUT2D eigenvalue weighted by atomic mass is 10.1. The molecule has 0 aliphatic carbocycles. The van der Waals surface area contributed by atoms with E-state index in [9.17, 15) is 23.7 Å². The minimum Gasteiger partial charge on any atom is -0.435 e. The number of carbonyl (C=O) groups excluding carboxylic acids is 1. The average Bonchev–Trinajstić information content (AvgIpc) is 2.60. The molecular formula is C18H16F2N2O4. The lowest BCUT2D eigenvalue weighted by Crippen LogP contribution is -2.24. The van der Waals surface area contributed by atoms with Crippen LogP contribution >= 0.6 is 0 Å². The third kappa shape index (κ3) is 5.66. The molecular weight excluding hydrogens is 346 g/mol.